The third-order valence-electron chi connectivity index (χ3n) is 5.34. The van der Waals surface area contributed by atoms with Crippen molar-refractivity contribution in [1.29, 1.82) is 0 Å². The molecule has 2 unspecified atom stereocenters. The third kappa shape index (κ3) is 5.14. The fourth-order valence-corrected chi connectivity index (χ4v) is 4.09. The zero-order chi connectivity index (χ0) is 20.8. The summed E-state index contributed by atoms with van der Waals surface area (Å²) >= 11 is 0. The Kier molecular flexibility index (Phi) is 7.65. The summed E-state index contributed by atoms with van der Waals surface area (Å²) in [6, 6.07) is 3.95. The van der Waals surface area contributed by atoms with E-state index >= 15 is 0 Å². The van der Waals surface area contributed by atoms with E-state index in [2.05, 4.69) is 11.8 Å². The maximum Gasteiger partial charge on any atom is 0.319 e. The minimum absolute atomic E-state index is 0.0432. The van der Waals surface area contributed by atoms with Gasteiger partial charge in [-0.1, -0.05) is 5.92 Å². The highest BCUT2D eigenvalue weighted by Gasteiger charge is 2.31. The number of benzene rings is 1. The van der Waals surface area contributed by atoms with Crippen LogP contribution in [0.4, 0.5) is 4.79 Å². The summed E-state index contributed by atoms with van der Waals surface area (Å²) in [5.41, 5.74) is 3.86. The molecule has 1 aromatic rings. The summed E-state index contributed by atoms with van der Waals surface area (Å²) in [6.45, 7) is 6.93. The van der Waals surface area contributed by atoms with Crippen LogP contribution in [0.15, 0.2) is 12.1 Å². The van der Waals surface area contributed by atoms with Crippen LogP contribution in [0.2, 0.25) is 0 Å². The molecular weight excluding hydrogens is 352 g/mol. The normalized spacial score (nSPS) is 20.9. The van der Waals surface area contributed by atoms with E-state index in [1.54, 1.807) is 30.8 Å². The lowest BCUT2D eigenvalue weighted by atomic mass is 9.80. The monoisotopic (exact) mass is 384 g/mol. The topological polar surface area (TPSA) is 60.9 Å². The van der Waals surface area contributed by atoms with Crippen molar-refractivity contribution in [2.45, 2.75) is 58.5 Å². The van der Waals surface area contributed by atoms with E-state index in [9.17, 15) is 14.7 Å². The van der Waals surface area contributed by atoms with Gasteiger partial charge in [0.15, 0.2) is 0 Å². The van der Waals surface area contributed by atoms with Gasteiger partial charge in [-0.3, -0.25) is 4.79 Å². The van der Waals surface area contributed by atoms with Gasteiger partial charge in [-0.05, 0) is 68.9 Å². The van der Waals surface area contributed by atoms with Gasteiger partial charge >= 0.3 is 6.03 Å². The van der Waals surface area contributed by atoms with Crippen molar-refractivity contribution < 1.29 is 14.7 Å². The number of ketones is 1. The van der Waals surface area contributed by atoms with Gasteiger partial charge in [0.05, 0.1) is 12.0 Å². The molecule has 0 aromatic heterocycles. The summed E-state index contributed by atoms with van der Waals surface area (Å²) in [5.74, 6) is 5.51. The van der Waals surface area contributed by atoms with Crippen LogP contribution in [0.3, 0.4) is 0 Å². The molecule has 5 nitrogen and oxygen atoms in total. The molecule has 28 heavy (non-hydrogen) atoms. The van der Waals surface area contributed by atoms with Gasteiger partial charge in [-0.2, -0.15) is 0 Å². The van der Waals surface area contributed by atoms with Crippen molar-refractivity contribution in [3.05, 3.63) is 34.4 Å². The Bertz CT molecular complexity index is 766. The predicted octanol–water partition coefficient (Wildman–Crippen LogP) is 3.25. The zero-order valence-corrected chi connectivity index (χ0v) is 17.7. The molecule has 2 rings (SSSR count). The van der Waals surface area contributed by atoms with Crippen molar-refractivity contribution >= 4 is 11.8 Å². The molecule has 2 atom stereocenters. The van der Waals surface area contributed by atoms with Gasteiger partial charge < -0.3 is 14.9 Å². The number of aryl methyl sites for hydroxylation is 2. The number of nitrogens with zero attached hydrogens (tertiary/aromatic N) is 2. The number of urea groups is 1. The summed E-state index contributed by atoms with van der Waals surface area (Å²) in [5, 5.41) is 10.9. The first-order chi connectivity index (χ1) is 13.3. The van der Waals surface area contributed by atoms with E-state index in [-0.39, 0.29) is 11.8 Å². The second kappa shape index (κ2) is 9.75. The number of hydrogen-bond donors (Lipinski definition) is 1. The molecule has 1 N–H and O–H groups in total. The molecule has 1 saturated heterocycles. The molecule has 1 aliphatic rings. The molecule has 0 saturated carbocycles. The Morgan fingerprint density at radius 3 is 2.36 bits per heavy atom. The van der Waals surface area contributed by atoms with Crippen molar-refractivity contribution in [2.24, 2.45) is 0 Å². The number of aliphatic hydroxyl groups is 1. The fourth-order valence-electron chi connectivity index (χ4n) is 4.09. The molecule has 1 aliphatic heterocycles. The first kappa shape index (κ1) is 22.0. The second-order valence-electron chi connectivity index (χ2n) is 7.82. The minimum atomic E-state index is -0.748. The van der Waals surface area contributed by atoms with Crippen LogP contribution in [-0.2, 0) is 4.79 Å². The largest absolute Gasteiger partial charge is 0.392 e. The van der Waals surface area contributed by atoms with E-state index in [0.29, 0.717) is 38.8 Å². The molecule has 2 amide bonds. The molecule has 1 aromatic carbocycles. The van der Waals surface area contributed by atoms with E-state index < -0.39 is 12.0 Å². The van der Waals surface area contributed by atoms with Crippen LogP contribution in [0, 0.1) is 25.7 Å². The van der Waals surface area contributed by atoms with Crippen molar-refractivity contribution in [2.75, 3.05) is 27.2 Å². The molecule has 1 fully saturated rings. The maximum atomic E-state index is 13.1. The van der Waals surface area contributed by atoms with Crippen molar-refractivity contribution in [3.8, 4) is 11.8 Å². The van der Waals surface area contributed by atoms with Crippen LogP contribution < -0.4 is 0 Å². The molecular formula is C23H32N2O3. The van der Waals surface area contributed by atoms with Gasteiger partial charge in [-0.15, -0.1) is 5.92 Å². The highest BCUT2D eigenvalue weighted by atomic mass is 16.3. The molecule has 152 valence electrons. The Balaban J connectivity index is 2.28. The van der Waals surface area contributed by atoms with E-state index in [1.807, 2.05) is 26.0 Å². The molecule has 0 radical (unpaired) electrons. The smallest absolute Gasteiger partial charge is 0.319 e. The lowest BCUT2D eigenvalue weighted by molar-refractivity contribution is -0.123. The first-order valence-electron chi connectivity index (χ1n) is 9.97. The number of carbonyl (C=O) groups excluding carboxylic acids is 2. The Morgan fingerprint density at radius 1 is 1.18 bits per heavy atom. The standard InChI is InChI=1S/C23H32N2O3/c1-6-9-18-14-16(2)21(17(3)15-18)22-19(26)10-7-12-25(23(28)24(4)5)13-8-11-20(22)27/h14-15,19,22,26H,7-8,10-13H2,1-5H3. The summed E-state index contributed by atoms with van der Waals surface area (Å²) in [4.78, 5) is 28.7. The Labute approximate surface area is 168 Å². The van der Waals surface area contributed by atoms with Gasteiger partial charge in [0.1, 0.15) is 5.78 Å². The lowest BCUT2D eigenvalue weighted by Gasteiger charge is -2.30. The first-order valence-corrected chi connectivity index (χ1v) is 9.97. The average Bonchev–Trinajstić information content (AvgIpc) is 2.62. The van der Waals surface area contributed by atoms with Crippen LogP contribution in [0.1, 0.15) is 60.8 Å². The number of amides is 2. The van der Waals surface area contributed by atoms with Gasteiger partial charge in [-0.25, -0.2) is 4.79 Å². The van der Waals surface area contributed by atoms with Crippen LogP contribution >= 0.6 is 0 Å². The predicted molar refractivity (Wildman–Crippen MR) is 111 cm³/mol. The van der Waals surface area contributed by atoms with Gasteiger partial charge in [0.2, 0.25) is 0 Å². The number of aliphatic hydroxyl groups excluding tert-OH is 1. The Hall–Kier alpha value is -2.32. The van der Waals surface area contributed by atoms with E-state index in [0.717, 1.165) is 22.3 Å². The lowest BCUT2D eigenvalue weighted by Crippen LogP contribution is -2.41. The van der Waals surface area contributed by atoms with Crippen LogP contribution in [-0.4, -0.2) is 60.0 Å². The van der Waals surface area contributed by atoms with Crippen LogP contribution in [0.5, 0.6) is 0 Å². The summed E-state index contributed by atoms with van der Waals surface area (Å²) < 4.78 is 0. The van der Waals surface area contributed by atoms with Crippen molar-refractivity contribution in [1.82, 2.24) is 9.80 Å². The van der Waals surface area contributed by atoms with E-state index in [4.69, 9.17) is 0 Å². The Morgan fingerprint density at radius 2 is 1.79 bits per heavy atom. The molecule has 1 heterocycles. The second-order valence-corrected chi connectivity index (χ2v) is 7.82. The highest BCUT2D eigenvalue weighted by molar-refractivity contribution is 5.87. The summed E-state index contributed by atoms with van der Waals surface area (Å²) in [6.07, 6.45) is 1.38. The SMILES string of the molecule is CC#Cc1cc(C)c(C2C(=O)CCCN(C(=O)N(C)C)CCCC2O)c(C)c1. The molecule has 0 bridgehead atoms. The molecule has 5 heteroatoms. The van der Waals surface area contributed by atoms with Crippen LogP contribution in [0.25, 0.3) is 0 Å². The number of carbonyl (C=O) groups is 2. The van der Waals surface area contributed by atoms with E-state index in [1.165, 1.54) is 0 Å². The zero-order valence-electron chi connectivity index (χ0n) is 17.7. The van der Waals surface area contributed by atoms with Gasteiger partial charge in [0, 0.05) is 39.2 Å². The average molecular weight is 385 g/mol. The maximum absolute atomic E-state index is 13.1. The van der Waals surface area contributed by atoms with Crippen molar-refractivity contribution in [3.63, 3.8) is 0 Å². The molecule has 0 aliphatic carbocycles. The highest BCUT2D eigenvalue weighted by Crippen LogP contribution is 2.32. The fraction of sp³-hybridized carbons (Fsp3) is 0.565. The number of hydrogen-bond acceptors (Lipinski definition) is 3. The quantitative estimate of drug-likeness (QED) is 0.756. The molecule has 0 spiro atoms. The summed E-state index contributed by atoms with van der Waals surface area (Å²) in [7, 11) is 3.46. The van der Waals surface area contributed by atoms with Gasteiger partial charge in [0.25, 0.3) is 0 Å². The third-order valence-corrected chi connectivity index (χ3v) is 5.34. The number of rotatable bonds is 1. The minimum Gasteiger partial charge on any atom is -0.392 e. The number of Topliss-reactive ketones (excluding diaryl/α,β-unsaturated/α-hetero) is 1.